The lowest BCUT2D eigenvalue weighted by molar-refractivity contribution is 0.134. The molecule has 0 radical (unpaired) electrons. The summed E-state index contributed by atoms with van der Waals surface area (Å²) < 4.78 is 0. The molecular weight excluding hydrogens is 340 g/mol. The topological polar surface area (TPSA) is 0 Å². The van der Waals surface area contributed by atoms with Crippen LogP contribution >= 0.6 is 31.9 Å². The Morgan fingerprint density at radius 1 is 1.00 bits per heavy atom. The molecule has 0 atom stereocenters. The molecule has 0 aliphatic heterocycles. The van der Waals surface area contributed by atoms with E-state index in [9.17, 15) is 0 Å². The first kappa shape index (κ1) is 16.0. The smallest absolute Gasteiger partial charge is 0.00365 e. The first-order chi connectivity index (χ1) is 8.26. The number of alkyl halides is 2. The van der Waals surface area contributed by atoms with Crippen LogP contribution in [0.15, 0.2) is 0 Å². The van der Waals surface area contributed by atoms with Gasteiger partial charge in [0.1, 0.15) is 0 Å². The Morgan fingerprint density at radius 3 is 2.06 bits per heavy atom. The molecule has 0 saturated heterocycles. The molecule has 0 spiro atoms. The van der Waals surface area contributed by atoms with Crippen molar-refractivity contribution in [2.75, 3.05) is 10.7 Å². The molecule has 17 heavy (non-hydrogen) atoms. The highest BCUT2D eigenvalue weighted by atomic mass is 79.9. The summed E-state index contributed by atoms with van der Waals surface area (Å²) >= 11 is 7.28. The van der Waals surface area contributed by atoms with Gasteiger partial charge in [-0.15, -0.1) is 0 Å². The summed E-state index contributed by atoms with van der Waals surface area (Å²) in [6, 6.07) is 0. The monoisotopic (exact) mass is 366 g/mol. The Morgan fingerprint density at radius 2 is 1.59 bits per heavy atom. The Kier molecular flexibility index (Phi) is 8.44. The number of hydrogen-bond donors (Lipinski definition) is 0. The summed E-state index contributed by atoms with van der Waals surface area (Å²) in [5.41, 5.74) is 0.661. The fraction of sp³-hybridized carbons (Fsp3) is 1.00. The molecule has 0 aromatic carbocycles. The number of rotatable bonds is 8. The van der Waals surface area contributed by atoms with Crippen molar-refractivity contribution in [3.63, 3.8) is 0 Å². The second kappa shape index (κ2) is 8.96. The highest BCUT2D eigenvalue weighted by Crippen LogP contribution is 2.46. The standard InChI is InChI=1S/C15H28Br2/c1-2-3-4-5-14-6-8-15(9-7-14,10-12-16)11-13-17/h14H,2-13H2,1H3. The normalized spacial score (nSPS) is 20.6. The minimum Gasteiger partial charge on any atom is -0.0928 e. The van der Waals surface area contributed by atoms with E-state index in [1.165, 1.54) is 74.9 Å². The molecule has 102 valence electrons. The van der Waals surface area contributed by atoms with Crippen LogP contribution in [0, 0.1) is 11.3 Å². The SMILES string of the molecule is CCCCCC1CCC(CCBr)(CCBr)CC1. The summed E-state index contributed by atoms with van der Waals surface area (Å²) in [6.07, 6.45) is 14.4. The van der Waals surface area contributed by atoms with E-state index in [4.69, 9.17) is 0 Å². The van der Waals surface area contributed by atoms with Gasteiger partial charge in [0, 0.05) is 10.7 Å². The molecule has 1 aliphatic carbocycles. The second-order valence-corrected chi connectivity index (χ2v) is 7.40. The fourth-order valence-corrected chi connectivity index (χ4v) is 4.97. The number of halogens is 2. The van der Waals surface area contributed by atoms with Crippen LogP contribution in [0.1, 0.15) is 71.1 Å². The quantitative estimate of drug-likeness (QED) is 0.348. The lowest BCUT2D eigenvalue weighted by atomic mass is 9.67. The molecule has 0 unspecified atom stereocenters. The molecule has 0 nitrogen and oxygen atoms in total. The molecule has 0 N–H and O–H groups in total. The van der Waals surface area contributed by atoms with Gasteiger partial charge in [0.2, 0.25) is 0 Å². The predicted octanol–water partition coefficient (Wildman–Crippen LogP) is 6.31. The van der Waals surface area contributed by atoms with E-state index in [1.807, 2.05) is 0 Å². The Balaban J connectivity index is 2.30. The third kappa shape index (κ3) is 5.63. The summed E-state index contributed by atoms with van der Waals surface area (Å²) in [5.74, 6) is 1.04. The van der Waals surface area contributed by atoms with Crippen LogP contribution in [-0.2, 0) is 0 Å². The van der Waals surface area contributed by atoms with Crippen molar-refractivity contribution in [3.8, 4) is 0 Å². The van der Waals surface area contributed by atoms with Gasteiger partial charge in [-0.2, -0.15) is 0 Å². The van der Waals surface area contributed by atoms with Gasteiger partial charge < -0.3 is 0 Å². The highest BCUT2D eigenvalue weighted by molar-refractivity contribution is 9.09. The molecule has 1 rings (SSSR count). The van der Waals surface area contributed by atoms with Crippen LogP contribution in [0.3, 0.4) is 0 Å². The zero-order valence-electron chi connectivity index (χ0n) is 11.3. The van der Waals surface area contributed by atoms with Crippen molar-refractivity contribution in [2.45, 2.75) is 71.1 Å². The van der Waals surface area contributed by atoms with Gasteiger partial charge in [-0.1, -0.05) is 64.5 Å². The van der Waals surface area contributed by atoms with Gasteiger partial charge in [-0.05, 0) is 49.9 Å². The van der Waals surface area contributed by atoms with E-state index in [1.54, 1.807) is 0 Å². The molecule has 2 heteroatoms. The Bertz CT molecular complexity index is 175. The van der Waals surface area contributed by atoms with Crippen molar-refractivity contribution in [1.29, 1.82) is 0 Å². The van der Waals surface area contributed by atoms with Gasteiger partial charge in [-0.3, -0.25) is 0 Å². The van der Waals surface area contributed by atoms with Crippen LogP contribution in [0.4, 0.5) is 0 Å². The summed E-state index contributed by atoms with van der Waals surface area (Å²) in [4.78, 5) is 0. The molecule has 0 heterocycles. The van der Waals surface area contributed by atoms with Gasteiger partial charge >= 0.3 is 0 Å². The van der Waals surface area contributed by atoms with E-state index in [0.717, 1.165) is 5.92 Å². The van der Waals surface area contributed by atoms with Gasteiger partial charge in [0.15, 0.2) is 0 Å². The minimum absolute atomic E-state index is 0.661. The largest absolute Gasteiger partial charge is 0.0928 e. The van der Waals surface area contributed by atoms with Crippen LogP contribution in [0.25, 0.3) is 0 Å². The van der Waals surface area contributed by atoms with E-state index in [-0.39, 0.29) is 0 Å². The Labute approximate surface area is 125 Å². The highest BCUT2D eigenvalue weighted by Gasteiger charge is 2.33. The molecular formula is C15H28Br2. The third-order valence-corrected chi connectivity index (χ3v) is 5.42. The number of hydrogen-bond acceptors (Lipinski definition) is 0. The zero-order valence-corrected chi connectivity index (χ0v) is 14.5. The molecule has 1 aliphatic rings. The van der Waals surface area contributed by atoms with Gasteiger partial charge in [0.25, 0.3) is 0 Å². The Hall–Kier alpha value is 0.960. The lowest BCUT2D eigenvalue weighted by Gasteiger charge is -2.40. The van der Waals surface area contributed by atoms with Gasteiger partial charge in [-0.25, -0.2) is 0 Å². The lowest BCUT2D eigenvalue weighted by Crippen LogP contribution is -2.28. The average Bonchev–Trinajstić information content (AvgIpc) is 2.33. The summed E-state index contributed by atoms with van der Waals surface area (Å²) in [7, 11) is 0. The van der Waals surface area contributed by atoms with E-state index in [0.29, 0.717) is 5.41 Å². The van der Waals surface area contributed by atoms with Crippen molar-refractivity contribution in [2.24, 2.45) is 11.3 Å². The van der Waals surface area contributed by atoms with Crippen LogP contribution in [0.2, 0.25) is 0 Å². The third-order valence-electron chi connectivity index (χ3n) is 4.63. The first-order valence-electron chi connectivity index (χ1n) is 7.38. The van der Waals surface area contributed by atoms with E-state index in [2.05, 4.69) is 38.8 Å². The zero-order chi connectivity index (χ0) is 12.6. The first-order valence-corrected chi connectivity index (χ1v) is 9.62. The van der Waals surface area contributed by atoms with Crippen LogP contribution < -0.4 is 0 Å². The molecule has 0 aromatic rings. The van der Waals surface area contributed by atoms with Crippen LogP contribution in [-0.4, -0.2) is 10.7 Å². The second-order valence-electron chi connectivity index (χ2n) is 5.82. The fourth-order valence-electron chi connectivity index (χ4n) is 3.29. The average molecular weight is 368 g/mol. The predicted molar refractivity (Wildman–Crippen MR) is 85.4 cm³/mol. The molecule has 0 aromatic heterocycles. The molecule has 1 fully saturated rings. The minimum atomic E-state index is 0.661. The van der Waals surface area contributed by atoms with Crippen LogP contribution in [0.5, 0.6) is 0 Å². The maximum Gasteiger partial charge on any atom is 0.00365 e. The van der Waals surface area contributed by atoms with Gasteiger partial charge in [0.05, 0.1) is 0 Å². The summed E-state index contributed by atoms with van der Waals surface area (Å²) in [5, 5.41) is 2.36. The number of unbranched alkanes of at least 4 members (excludes halogenated alkanes) is 2. The van der Waals surface area contributed by atoms with Crippen molar-refractivity contribution >= 4 is 31.9 Å². The van der Waals surface area contributed by atoms with Crippen molar-refractivity contribution in [1.82, 2.24) is 0 Å². The molecule has 0 amide bonds. The van der Waals surface area contributed by atoms with E-state index < -0.39 is 0 Å². The maximum absolute atomic E-state index is 3.64. The van der Waals surface area contributed by atoms with Crippen molar-refractivity contribution < 1.29 is 0 Å². The molecule has 1 saturated carbocycles. The summed E-state index contributed by atoms with van der Waals surface area (Å²) in [6.45, 7) is 2.30. The van der Waals surface area contributed by atoms with Crippen molar-refractivity contribution in [3.05, 3.63) is 0 Å². The maximum atomic E-state index is 3.64. The van der Waals surface area contributed by atoms with E-state index >= 15 is 0 Å². The molecule has 0 bridgehead atoms.